The minimum Gasteiger partial charge on any atom is -0.464 e. The lowest BCUT2D eigenvalue weighted by atomic mass is 10.1. The third-order valence-corrected chi connectivity index (χ3v) is 2.49. The Labute approximate surface area is 91.9 Å². The van der Waals surface area contributed by atoms with E-state index in [9.17, 15) is 4.79 Å². The van der Waals surface area contributed by atoms with E-state index < -0.39 is 5.97 Å². The SMILES string of the molecule is COC(=O)c1nccc2c1C(Cl)=CCN2. The number of esters is 1. The van der Waals surface area contributed by atoms with Gasteiger partial charge in [0.2, 0.25) is 0 Å². The van der Waals surface area contributed by atoms with E-state index in [-0.39, 0.29) is 5.69 Å². The van der Waals surface area contributed by atoms with E-state index in [4.69, 9.17) is 11.6 Å². The Bertz CT molecular complexity index is 443. The molecule has 15 heavy (non-hydrogen) atoms. The van der Waals surface area contributed by atoms with Crippen LogP contribution in [0.1, 0.15) is 16.1 Å². The molecule has 0 atom stereocenters. The van der Waals surface area contributed by atoms with Crippen molar-refractivity contribution in [1.82, 2.24) is 4.98 Å². The predicted octanol–water partition coefficient (Wildman–Crippen LogP) is 1.87. The number of halogens is 1. The van der Waals surface area contributed by atoms with Crippen LogP contribution in [-0.4, -0.2) is 24.6 Å². The van der Waals surface area contributed by atoms with Gasteiger partial charge >= 0.3 is 5.97 Å². The molecule has 0 aliphatic carbocycles. The van der Waals surface area contributed by atoms with Gasteiger partial charge in [0.1, 0.15) is 0 Å². The highest BCUT2D eigenvalue weighted by molar-refractivity contribution is 6.50. The van der Waals surface area contributed by atoms with Crippen LogP contribution in [0, 0.1) is 0 Å². The Hall–Kier alpha value is -1.55. The largest absolute Gasteiger partial charge is 0.464 e. The number of aromatic nitrogens is 1. The minimum atomic E-state index is -0.484. The third kappa shape index (κ3) is 1.68. The molecular formula is C10H9ClN2O2. The number of hydrogen-bond donors (Lipinski definition) is 1. The summed E-state index contributed by atoms with van der Waals surface area (Å²) in [6, 6.07) is 1.77. The quantitative estimate of drug-likeness (QED) is 0.740. The van der Waals surface area contributed by atoms with Crippen LogP contribution in [-0.2, 0) is 4.74 Å². The molecule has 4 nitrogen and oxygen atoms in total. The van der Waals surface area contributed by atoms with Crippen molar-refractivity contribution in [2.24, 2.45) is 0 Å². The standard InChI is InChI=1S/C10H9ClN2O2/c1-15-10(14)9-8-6(11)2-4-12-7(8)3-5-13-9/h2-3,5,12H,4H2,1H3. The monoisotopic (exact) mass is 224 g/mol. The highest BCUT2D eigenvalue weighted by Crippen LogP contribution is 2.32. The molecule has 1 aromatic heterocycles. The lowest BCUT2D eigenvalue weighted by Gasteiger charge is -2.17. The molecule has 78 valence electrons. The predicted molar refractivity (Wildman–Crippen MR) is 57.9 cm³/mol. The maximum absolute atomic E-state index is 11.4. The first-order valence-electron chi connectivity index (χ1n) is 4.41. The van der Waals surface area contributed by atoms with Crippen LogP contribution in [0.15, 0.2) is 18.3 Å². The number of nitrogens with one attached hydrogen (secondary N) is 1. The first-order chi connectivity index (χ1) is 7.24. The van der Waals surface area contributed by atoms with Crippen molar-refractivity contribution in [3.8, 4) is 0 Å². The first-order valence-corrected chi connectivity index (χ1v) is 4.79. The van der Waals surface area contributed by atoms with Crippen molar-refractivity contribution >= 4 is 28.3 Å². The lowest BCUT2D eigenvalue weighted by Crippen LogP contribution is -2.13. The van der Waals surface area contributed by atoms with E-state index in [2.05, 4.69) is 15.0 Å². The van der Waals surface area contributed by atoms with Crippen molar-refractivity contribution in [2.45, 2.75) is 0 Å². The van der Waals surface area contributed by atoms with Crippen molar-refractivity contribution in [1.29, 1.82) is 0 Å². The first kappa shape index (κ1) is 9.98. The summed E-state index contributed by atoms with van der Waals surface area (Å²) in [5.74, 6) is -0.484. The number of fused-ring (bicyclic) bond motifs is 1. The van der Waals surface area contributed by atoms with Gasteiger partial charge in [0.25, 0.3) is 0 Å². The van der Waals surface area contributed by atoms with E-state index in [1.54, 1.807) is 18.3 Å². The Morgan fingerprint density at radius 2 is 2.47 bits per heavy atom. The number of carbonyl (C=O) groups is 1. The molecule has 0 amide bonds. The fourth-order valence-corrected chi connectivity index (χ4v) is 1.72. The molecule has 0 bridgehead atoms. The number of carbonyl (C=O) groups excluding carboxylic acids is 1. The number of pyridine rings is 1. The van der Waals surface area contributed by atoms with Crippen molar-refractivity contribution in [2.75, 3.05) is 19.0 Å². The summed E-state index contributed by atoms with van der Waals surface area (Å²) in [5.41, 5.74) is 1.65. The van der Waals surface area contributed by atoms with Gasteiger partial charge in [-0.05, 0) is 12.1 Å². The molecule has 5 heteroatoms. The molecule has 2 heterocycles. The molecule has 1 aromatic rings. The number of anilines is 1. The van der Waals surface area contributed by atoms with E-state index in [1.165, 1.54) is 7.11 Å². The Morgan fingerprint density at radius 1 is 1.67 bits per heavy atom. The summed E-state index contributed by atoms with van der Waals surface area (Å²) >= 11 is 6.03. The zero-order valence-corrected chi connectivity index (χ0v) is 8.84. The average Bonchev–Trinajstić information content (AvgIpc) is 2.28. The average molecular weight is 225 g/mol. The van der Waals surface area contributed by atoms with E-state index >= 15 is 0 Å². The third-order valence-electron chi connectivity index (χ3n) is 2.14. The molecule has 0 unspecified atom stereocenters. The summed E-state index contributed by atoms with van der Waals surface area (Å²) in [5, 5.41) is 3.63. The van der Waals surface area contributed by atoms with Gasteiger partial charge in [-0.25, -0.2) is 9.78 Å². The summed E-state index contributed by atoms with van der Waals surface area (Å²) in [4.78, 5) is 15.4. The van der Waals surface area contributed by atoms with Crippen molar-refractivity contribution < 1.29 is 9.53 Å². The summed E-state index contributed by atoms with van der Waals surface area (Å²) in [6.45, 7) is 0.649. The fraction of sp³-hybridized carbons (Fsp3) is 0.200. The maximum atomic E-state index is 11.4. The van der Waals surface area contributed by atoms with Gasteiger partial charge in [0.15, 0.2) is 5.69 Å². The van der Waals surface area contributed by atoms with Crippen molar-refractivity contribution in [3.05, 3.63) is 29.6 Å². The molecule has 0 aromatic carbocycles. The number of rotatable bonds is 1. The van der Waals surface area contributed by atoms with Gasteiger partial charge in [-0.3, -0.25) is 0 Å². The zero-order chi connectivity index (χ0) is 10.8. The van der Waals surface area contributed by atoms with E-state index in [1.807, 2.05) is 0 Å². The second-order valence-corrected chi connectivity index (χ2v) is 3.41. The molecular weight excluding hydrogens is 216 g/mol. The topological polar surface area (TPSA) is 51.2 Å². The van der Waals surface area contributed by atoms with Gasteiger partial charge in [0.05, 0.1) is 12.1 Å². The van der Waals surface area contributed by atoms with Crippen LogP contribution >= 0.6 is 11.6 Å². The van der Waals surface area contributed by atoms with Crippen LogP contribution in [0.5, 0.6) is 0 Å². The molecule has 0 radical (unpaired) electrons. The zero-order valence-electron chi connectivity index (χ0n) is 8.08. The number of ether oxygens (including phenoxy) is 1. The molecule has 0 fully saturated rings. The number of nitrogens with zero attached hydrogens (tertiary/aromatic N) is 1. The van der Waals surface area contributed by atoms with Crippen molar-refractivity contribution in [3.63, 3.8) is 0 Å². The maximum Gasteiger partial charge on any atom is 0.357 e. The Kier molecular flexibility index (Phi) is 2.60. The van der Waals surface area contributed by atoms with Gasteiger partial charge < -0.3 is 10.1 Å². The minimum absolute atomic E-state index is 0.239. The molecule has 0 saturated heterocycles. The lowest BCUT2D eigenvalue weighted by molar-refractivity contribution is 0.0594. The second kappa shape index (κ2) is 3.90. The second-order valence-electron chi connectivity index (χ2n) is 3.01. The normalized spacial score (nSPS) is 13.6. The molecule has 1 N–H and O–H groups in total. The summed E-state index contributed by atoms with van der Waals surface area (Å²) < 4.78 is 4.64. The highest BCUT2D eigenvalue weighted by Gasteiger charge is 2.21. The molecule has 1 aliphatic heterocycles. The van der Waals surface area contributed by atoms with Crippen LogP contribution in [0.4, 0.5) is 5.69 Å². The van der Waals surface area contributed by atoms with Crippen LogP contribution < -0.4 is 5.32 Å². The van der Waals surface area contributed by atoms with Crippen LogP contribution in [0.2, 0.25) is 0 Å². The molecule has 1 aliphatic rings. The summed E-state index contributed by atoms with van der Waals surface area (Å²) in [6.07, 6.45) is 3.34. The fourth-order valence-electron chi connectivity index (χ4n) is 1.45. The number of hydrogen-bond acceptors (Lipinski definition) is 4. The molecule has 2 rings (SSSR count). The highest BCUT2D eigenvalue weighted by atomic mass is 35.5. The van der Waals surface area contributed by atoms with E-state index in [0.717, 1.165) is 5.69 Å². The van der Waals surface area contributed by atoms with E-state index in [0.29, 0.717) is 17.1 Å². The molecule has 0 spiro atoms. The Balaban J connectivity index is 2.59. The van der Waals surface area contributed by atoms with Crippen LogP contribution in [0.3, 0.4) is 0 Å². The number of methoxy groups -OCH3 is 1. The van der Waals surface area contributed by atoms with Gasteiger partial charge in [0, 0.05) is 24.0 Å². The summed E-state index contributed by atoms with van der Waals surface area (Å²) in [7, 11) is 1.32. The van der Waals surface area contributed by atoms with Gasteiger partial charge in [-0.2, -0.15) is 0 Å². The van der Waals surface area contributed by atoms with Crippen LogP contribution in [0.25, 0.3) is 5.03 Å². The van der Waals surface area contributed by atoms with Gasteiger partial charge in [-0.15, -0.1) is 0 Å². The smallest absolute Gasteiger partial charge is 0.357 e. The Morgan fingerprint density at radius 3 is 3.20 bits per heavy atom. The molecule has 0 saturated carbocycles. The van der Waals surface area contributed by atoms with Gasteiger partial charge in [-0.1, -0.05) is 11.6 Å².